The van der Waals surface area contributed by atoms with Crippen molar-refractivity contribution in [1.29, 1.82) is 0 Å². The minimum absolute atomic E-state index is 0.0770. The lowest BCUT2D eigenvalue weighted by Crippen LogP contribution is -2.40. The van der Waals surface area contributed by atoms with Crippen LogP contribution in [0.5, 0.6) is 5.75 Å². The summed E-state index contributed by atoms with van der Waals surface area (Å²) in [6, 6.07) is 7.44. The first-order valence-corrected chi connectivity index (χ1v) is 14.8. The van der Waals surface area contributed by atoms with Crippen molar-refractivity contribution >= 4 is 38.7 Å². The van der Waals surface area contributed by atoms with Crippen molar-refractivity contribution in [2.75, 3.05) is 13.1 Å². The number of aromatic nitrogens is 1. The van der Waals surface area contributed by atoms with E-state index in [-0.39, 0.29) is 17.0 Å². The van der Waals surface area contributed by atoms with Gasteiger partial charge in [0.25, 0.3) is 0 Å². The van der Waals surface area contributed by atoms with E-state index in [1.165, 1.54) is 16.2 Å². The number of hydrogen-bond acceptors (Lipinski definition) is 9. The van der Waals surface area contributed by atoms with Gasteiger partial charge in [-0.1, -0.05) is 0 Å². The number of aryl methyl sites for hydroxylation is 1. The molecule has 0 saturated carbocycles. The second-order valence-electron chi connectivity index (χ2n) is 10.3. The molecule has 5 N–H and O–H groups in total. The summed E-state index contributed by atoms with van der Waals surface area (Å²) in [7, 11) is -3.76. The minimum atomic E-state index is -3.76. The van der Waals surface area contributed by atoms with Crippen molar-refractivity contribution in [3.05, 3.63) is 52.7 Å². The van der Waals surface area contributed by atoms with Crippen LogP contribution < -0.4 is 21.5 Å². The van der Waals surface area contributed by atoms with Gasteiger partial charge in [-0.2, -0.15) is 0 Å². The maximum atomic E-state index is 13.3. The van der Waals surface area contributed by atoms with Gasteiger partial charge in [0.05, 0.1) is 22.6 Å². The number of amidine groups is 1. The Morgan fingerprint density at radius 3 is 2.47 bits per heavy atom. The molecule has 1 fully saturated rings. The first kappa shape index (κ1) is 28.4. The number of halogens is 1. The maximum absolute atomic E-state index is 13.3. The average molecular weight is 561 g/mol. The molecule has 0 amide bonds. The third-order valence-corrected chi connectivity index (χ3v) is 9.38. The molecule has 2 aromatic rings. The highest BCUT2D eigenvalue weighted by molar-refractivity contribution is 7.92. The van der Waals surface area contributed by atoms with Gasteiger partial charge >= 0.3 is 0 Å². The van der Waals surface area contributed by atoms with Crippen molar-refractivity contribution in [1.82, 2.24) is 14.7 Å². The fourth-order valence-electron chi connectivity index (χ4n) is 4.98. The Kier molecular flexibility index (Phi) is 8.37. The smallest absolute Gasteiger partial charge is 0.198 e. The summed E-state index contributed by atoms with van der Waals surface area (Å²) in [5, 5.41) is 2.64. The molecule has 4 rings (SSSR count). The number of aliphatic imine (C=N–C) groups is 1. The second kappa shape index (κ2) is 11.2. The number of rotatable bonds is 7. The Bertz CT molecular complexity index is 1370. The van der Waals surface area contributed by atoms with E-state index in [0.29, 0.717) is 34.1 Å². The van der Waals surface area contributed by atoms with Gasteiger partial charge in [0, 0.05) is 29.1 Å². The van der Waals surface area contributed by atoms with Crippen molar-refractivity contribution < 1.29 is 13.2 Å². The van der Waals surface area contributed by atoms with Crippen LogP contribution in [0.25, 0.3) is 11.3 Å². The van der Waals surface area contributed by atoms with Gasteiger partial charge in [0.2, 0.25) is 0 Å². The molecule has 1 unspecified atom stereocenters. The monoisotopic (exact) mass is 560 g/mol. The average Bonchev–Trinajstić information content (AvgIpc) is 2.87. The summed E-state index contributed by atoms with van der Waals surface area (Å²) in [5.41, 5.74) is 16.8. The van der Waals surface area contributed by atoms with Gasteiger partial charge in [0.15, 0.2) is 21.2 Å². The fraction of sp³-hybridized carbons (Fsp3) is 0.481. The molecule has 0 spiro atoms. The summed E-state index contributed by atoms with van der Waals surface area (Å²) in [6.45, 7) is 11.1. The number of piperidine rings is 1. The Morgan fingerprint density at radius 1 is 1.16 bits per heavy atom. The molecular formula is C27H37ClN6O3S. The number of hydrogen-bond donors (Lipinski definition) is 3. The molecule has 1 saturated heterocycles. The number of benzene rings is 1. The summed E-state index contributed by atoms with van der Waals surface area (Å²) in [4.78, 5) is 8.56. The highest BCUT2D eigenvalue weighted by Crippen LogP contribution is 2.43. The number of nitrogens with two attached hydrogens (primary N) is 2. The topological polar surface area (TPSA) is 136 Å². The molecule has 0 bridgehead atoms. The van der Waals surface area contributed by atoms with E-state index in [0.717, 1.165) is 31.5 Å². The molecule has 1 atom stereocenters. The van der Waals surface area contributed by atoms with E-state index in [2.05, 4.69) is 28.3 Å². The highest BCUT2D eigenvalue weighted by atomic mass is 35.5. The van der Waals surface area contributed by atoms with Crippen LogP contribution in [0.3, 0.4) is 0 Å². The Balaban J connectivity index is 2.03. The molecule has 2 aliphatic rings. The number of nitrogens with zero attached hydrogens (tertiary/aromatic N) is 3. The lowest BCUT2D eigenvalue weighted by molar-refractivity contribution is 0.240. The fourth-order valence-corrected chi connectivity index (χ4v) is 6.33. The van der Waals surface area contributed by atoms with Gasteiger partial charge in [0.1, 0.15) is 11.6 Å². The van der Waals surface area contributed by atoms with Gasteiger partial charge in [-0.15, -0.1) is 0 Å². The molecule has 0 aliphatic carbocycles. The van der Waals surface area contributed by atoms with Crippen LogP contribution in [0.4, 0.5) is 0 Å². The van der Waals surface area contributed by atoms with Gasteiger partial charge in [-0.05, 0) is 102 Å². The zero-order valence-electron chi connectivity index (χ0n) is 22.5. The molecule has 38 heavy (non-hydrogen) atoms. The standard InChI is InChI=1S/C27H37ClN6O3S/c1-15(2)37-22-14-20(18-8-11-31-12-9-18)17(5)13-21(22)24-23(25(29)33-27(30)34(24)28)19-7-6-10-32-26(19)38(35,36)16(3)4/h6-7,10,13-16,18,27,31H,8-9,11-12,30H2,1-5H3,(H2,29,33). The summed E-state index contributed by atoms with van der Waals surface area (Å²) >= 11 is 6.81. The first-order chi connectivity index (χ1) is 17.9. The normalized spacial score (nSPS) is 19.3. The Labute approximate surface area is 230 Å². The van der Waals surface area contributed by atoms with E-state index >= 15 is 0 Å². The Morgan fingerprint density at radius 2 is 1.84 bits per heavy atom. The predicted octanol–water partition coefficient (Wildman–Crippen LogP) is 3.76. The summed E-state index contributed by atoms with van der Waals surface area (Å²) in [6.07, 6.45) is 2.42. The van der Waals surface area contributed by atoms with Crippen LogP contribution in [-0.2, 0) is 9.84 Å². The van der Waals surface area contributed by atoms with E-state index < -0.39 is 21.4 Å². The van der Waals surface area contributed by atoms with Crippen LogP contribution in [0.15, 0.2) is 40.5 Å². The third-order valence-electron chi connectivity index (χ3n) is 6.91. The van der Waals surface area contributed by atoms with Crippen LogP contribution in [-0.4, -0.2) is 54.4 Å². The lowest BCUT2D eigenvalue weighted by Gasteiger charge is -2.33. The molecule has 9 nitrogen and oxygen atoms in total. The lowest BCUT2D eigenvalue weighted by atomic mass is 9.85. The van der Waals surface area contributed by atoms with Crippen molar-refractivity contribution in [2.45, 2.75) is 76.0 Å². The number of pyridine rings is 1. The number of ether oxygens (including phenoxy) is 1. The van der Waals surface area contributed by atoms with Crippen molar-refractivity contribution in [3.63, 3.8) is 0 Å². The molecule has 3 heterocycles. The molecule has 2 aliphatic heterocycles. The molecule has 1 aromatic carbocycles. The van der Waals surface area contributed by atoms with Crippen LogP contribution in [0, 0.1) is 6.92 Å². The van der Waals surface area contributed by atoms with E-state index in [1.54, 1.807) is 26.0 Å². The van der Waals surface area contributed by atoms with Crippen LogP contribution in [0.2, 0.25) is 0 Å². The second-order valence-corrected chi connectivity index (χ2v) is 13.1. The number of sulfone groups is 1. The molecule has 0 radical (unpaired) electrons. The van der Waals surface area contributed by atoms with Gasteiger partial charge in [-0.25, -0.2) is 22.8 Å². The minimum Gasteiger partial charge on any atom is -0.490 e. The van der Waals surface area contributed by atoms with Crippen LogP contribution in [0.1, 0.15) is 68.7 Å². The largest absolute Gasteiger partial charge is 0.490 e. The van der Waals surface area contributed by atoms with Crippen LogP contribution >= 0.6 is 11.8 Å². The predicted molar refractivity (Wildman–Crippen MR) is 152 cm³/mol. The third kappa shape index (κ3) is 5.40. The SMILES string of the molecule is Cc1cc(C2=C(c3cccnc3S(=O)(=O)C(C)C)C(N)=NC(N)N2Cl)c(OC(C)C)cc1C1CCNCC1. The number of nitrogens with one attached hydrogen (secondary N) is 1. The van der Waals surface area contributed by atoms with Gasteiger partial charge in [-0.3, -0.25) is 5.73 Å². The van der Waals surface area contributed by atoms with Gasteiger partial charge < -0.3 is 15.8 Å². The Hall–Kier alpha value is -2.66. The first-order valence-electron chi connectivity index (χ1n) is 12.9. The van der Waals surface area contributed by atoms with E-state index in [9.17, 15) is 8.42 Å². The van der Waals surface area contributed by atoms with Crippen molar-refractivity contribution in [2.24, 2.45) is 16.5 Å². The molecule has 1 aromatic heterocycles. The molecule has 206 valence electrons. The summed E-state index contributed by atoms with van der Waals surface area (Å²) < 4.78 is 34.2. The molecule has 11 heteroatoms. The molecular weight excluding hydrogens is 524 g/mol. The van der Waals surface area contributed by atoms with E-state index in [1.807, 2.05) is 19.9 Å². The van der Waals surface area contributed by atoms with E-state index in [4.69, 9.17) is 28.0 Å². The zero-order valence-corrected chi connectivity index (χ0v) is 24.1. The zero-order chi connectivity index (χ0) is 27.8. The maximum Gasteiger partial charge on any atom is 0.198 e. The summed E-state index contributed by atoms with van der Waals surface area (Å²) in [5.74, 6) is 1.10. The highest BCUT2D eigenvalue weighted by Gasteiger charge is 2.35. The van der Waals surface area contributed by atoms with Crippen molar-refractivity contribution in [3.8, 4) is 5.75 Å². The quantitative estimate of drug-likeness (QED) is 0.435.